The molecule has 0 aliphatic rings. The van der Waals surface area contributed by atoms with Crippen molar-refractivity contribution in [2.24, 2.45) is 13.0 Å². The highest BCUT2D eigenvalue weighted by molar-refractivity contribution is 5.31. The van der Waals surface area contributed by atoms with Crippen LogP contribution in [0.3, 0.4) is 0 Å². The number of nitrogens with zero attached hydrogens (tertiary/aromatic N) is 2. The van der Waals surface area contributed by atoms with Gasteiger partial charge in [0.1, 0.15) is 5.69 Å². The maximum atomic E-state index is 5.80. The molecule has 0 spiro atoms. The Morgan fingerprint density at radius 2 is 2.00 bits per heavy atom. The van der Waals surface area contributed by atoms with Crippen LogP contribution in [0.4, 0.5) is 0 Å². The zero-order valence-electron chi connectivity index (χ0n) is 12.4. The Balaban J connectivity index is 2.14. The second-order valence-corrected chi connectivity index (χ2v) is 5.28. The Labute approximate surface area is 111 Å². The van der Waals surface area contributed by atoms with Crippen LogP contribution in [0.5, 0.6) is 5.75 Å². The summed E-state index contributed by atoms with van der Waals surface area (Å²) in [4.78, 5) is 0. The topological polar surface area (TPSA) is 39.1 Å². The molecule has 0 fully saturated rings. The van der Waals surface area contributed by atoms with Gasteiger partial charge in [0.25, 0.3) is 0 Å². The molecule has 4 nitrogen and oxygen atoms in total. The molecule has 0 aliphatic heterocycles. The number of ether oxygens (including phenoxy) is 1. The Kier molecular flexibility index (Phi) is 6.19. The van der Waals surface area contributed by atoms with Crippen LogP contribution in [0.1, 0.15) is 38.1 Å². The van der Waals surface area contributed by atoms with Crippen molar-refractivity contribution < 1.29 is 4.74 Å². The molecule has 0 unspecified atom stereocenters. The average Bonchev–Trinajstić information content (AvgIpc) is 2.53. The summed E-state index contributed by atoms with van der Waals surface area (Å²) in [5.41, 5.74) is 2.08. The minimum atomic E-state index is 0.724. The molecule has 1 heterocycles. The van der Waals surface area contributed by atoms with Crippen molar-refractivity contribution >= 4 is 0 Å². The predicted octanol–water partition coefficient (Wildman–Crippen LogP) is 2.44. The van der Waals surface area contributed by atoms with Crippen LogP contribution in [0.15, 0.2) is 0 Å². The molecule has 1 N–H and O–H groups in total. The first-order valence-electron chi connectivity index (χ1n) is 6.86. The van der Waals surface area contributed by atoms with Crippen LogP contribution in [0.2, 0.25) is 0 Å². The molecule has 104 valence electrons. The van der Waals surface area contributed by atoms with Crippen LogP contribution in [0.25, 0.3) is 0 Å². The molecule has 0 aliphatic carbocycles. The van der Waals surface area contributed by atoms with Gasteiger partial charge in [-0.05, 0) is 45.7 Å². The second-order valence-electron chi connectivity index (χ2n) is 5.28. The zero-order valence-corrected chi connectivity index (χ0v) is 12.4. The lowest BCUT2D eigenvalue weighted by molar-refractivity contribution is 0.301. The number of aromatic nitrogens is 2. The quantitative estimate of drug-likeness (QED) is 0.723. The van der Waals surface area contributed by atoms with Crippen LogP contribution >= 0.6 is 0 Å². The normalized spacial score (nSPS) is 11.2. The minimum Gasteiger partial charge on any atom is -0.490 e. The van der Waals surface area contributed by atoms with E-state index in [2.05, 4.69) is 24.3 Å². The summed E-state index contributed by atoms with van der Waals surface area (Å²) in [7, 11) is 1.95. The Bertz CT molecular complexity index is 358. The van der Waals surface area contributed by atoms with Crippen LogP contribution < -0.4 is 10.1 Å². The number of hydrogen-bond acceptors (Lipinski definition) is 3. The first-order valence-corrected chi connectivity index (χ1v) is 6.86. The summed E-state index contributed by atoms with van der Waals surface area (Å²) in [5.74, 6) is 1.68. The fourth-order valence-corrected chi connectivity index (χ4v) is 1.88. The Hall–Kier alpha value is -1.03. The molecule has 0 atom stereocenters. The highest BCUT2D eigenvalue weighted by atomic mass is 16.5. The van der Waals surface area contributed by atoms with Crippen molar-refractivity contribution in [2.75, 3.05) is 19.7 Å². The second kappa shape index (κ2) is 7.41. The van der Waals surface area contributed by atoms with Gasteiger partial charge in [-0.3, -0.25) is 4.68 Å². The molecule has 4 heteroatoms. The van der Waals surface area contributed by atoms with Crippen molar-refractivity contribution in [1.82, 2.24) is 15.1 Å². The van der Waals surface area contributed by atoms with E-state index in [1.54, 1.807) is 0 Å². The molecule has 0 amide bonds. The smallest absolute Gasteiger partial charge is 0.162 e. The third kappa shape index (κ3) is 4.69. The molecule has 0 aromatic carbocycles. The Morgan fingerprint density at radius 3 is 2.56 bits per heavy atom. The van der Waals surface area contributed by atoms with Gasteiger partial charge in [0, 0.05) is 7.05 Å². The number of unbranched alkanes of at least 4 members (excludes halogenated alkanes) is 1. The molecule has 0 bridgehead atoms. The van der Waals surface area contributed by atoms with E-state index in [-0.39, 0.29) is 0 Å². The molecule has 18 heavy (non-hydrogen) atoms. The maximum Gasteiger partial charge on any atom is 0.162 e. The molecule has 0 saturated heterocycles. The summed E-state index contributed by atoms with van der Waals surface area (Å²) in [6.45, 7) is 11.4. The third-order valence-electron chi connectivity index (χ3n) is 2.99. The van der Waals surface area contributed by atoms with Crippen molar-refractivity contribution in [3.05, 3.63) is 11.4 Å². The van der Waals surface area contributed by atoms with Gasteiger partial charge in [-0.2, -0.15) is 5.10 Å². The third-order valence-corrected chi connectivity index (χ3v) is 2.99. The first-order chi connectivity index (χ1) is 8.52. The van der Waals surface area contributed by atoms with Gasteiger partial charge in [0.2, 0.25) is 0 Å². The van der Waals surface area contributed by atoms with E-state index in [9.17, 15) is 0 Å². The van der Waals surface area contributed by atoms with E-state index >= 15 is 0 Å². The van der Waals surface area contributed by atoms with E-state index in [1.165, 1.54) is 0 Å². The van der Waals surface area contributed by atoms with Crippen molar-refractivity contribution in [3.8, 4) is 5.75 Å². The van der Waals surface area contributed by atoms with Gasteiger partial charge < -0.3 is 10.1 Å². The molecule has 0 radical (unpaired) electrons. The highest BCUT2D eigenvalue weighted by Gasteiger charge is 2.09. The van der Waals surface area contributed by atoms with Crippen molar-refractivity contribution in [1.29, 1.82) is 0 Å². The first kappa shape index (κ1) is 15.0. The molecular formula is C14H27N3O. The lowest BCUT2D eigenvalue weighted by atomic mass is 10.2. The number of hydrogen-bond donors (Lipinski definition) is 1. The number of aryl methyl sites for hydroxylation is 2. The number of nitrogens with one attached hydrogen (secondary N) is 1. The fraction of sp³-hybridized carbons (Fsp3) is 0.786. The van der Waals surface area contributed by atoms with E-state index < -0.39 is 0 Å². The summed E-state index contributed by atoms with van der Waals surface area (Å²) < 4.78 is 7.67. The summed E-state index contributed by atoms with van der Waals surface area (Å²) in [6.07, 6.45) is 2.24. The number of rotatable bonds is 8. The van der Waals surface area contributed by atoms with Crippen LogP contribution in [-0.4, -0.2) is 29.5 Å². The van der Waals surface area contributed by atoms with Gasteiger partial charge in [-0.1, -0.05) is 13.8 Å². The zero-order chi connectivity index (χ0) is 13.5. The van der Waals surface area contributed by atoms with Gasteiger partial charge in [-0.15, -0.1) is 0 Å². The van der Waals surface area contributed by atoms with E-state index in [1.807, 2.05) is 25.6 Å². The minimum absolute atomic E-state index is 0.724. The standard InChI is InChI=1S/C14H27N3O/c1-11(2)10-15-8-6-7-9-18-14-12(3)16-17(5)13(14)4/h11,15H,6-10H2,1-5H3. The van der Waals surface area contributed by atoms with Gasteiger partial charge >= 0.3 is 0 Å². The summed E-state index contributed by atoms with van der Waals surface area (Å²) in [5, 5.41) is 7.78. The van der Waals surface area contributed by atoms with Gasteiger partial charge in [0.05, 0.1) is 12.3 Å². The van der Waals surface area contributed by atoms with Crippen molar-refractivity contribution in [2.45, 2.75) is 40.5 Å². The highest BCUT2D eigenvalue weighted by Crippen LogP contribution is 2.21. The van der Waals surface area contributed by atoms with Gasteiger partial charge in [-0.25, -0.2) is 0 Å². The lowest BCUT2D eigenvalue weighted by Crippen LogP contribution is -2.21. The molecule has 0 saturated carbocycles. The predicted molar refractivity (Wildman–Crippen MR) is 75.1 cm³/mol. The van der Waals surface area contributed by atoms with Crippen molar-refractivity contribution in [3.63, 3.8) is 0 Å². The molecule has 1 aromatic heterocycles. The van der Waals surface area contributed by atoms with Crippen LogP contribution in [0, 0.1) is 19.8 Å². The SMILES string of the molecule is Cc1nn(C)c(C)c1OCCCCNCC(C)C. The summed E-state index contributed by atoms with van der Waals surface area (Å²) >= 11 is 0. The maximum absolute atomic E-state index is 5.80. The van der Waals surface area contributed by atoms with Crippen LogP contribution in [-0.2, 0) is 7.05 Å². The summed E-state index contributed by atoms with van der Waals surface area (Å²) in [6, 6.07) is 0. The fourth-order valence-electron chi connectivity index (χ4n) is 1.88. The Morgan fingerprint density at radius 1 is 1.28 bits per heavy atom. The average molecular weight is 253 g/mol. The van der Waals surface area contributed by atoms with E-state index in [0.717, 1.165) is 55.6 Å². The molecular weight excluding hydrogens is 226 g/mol. The van der Waals surface area contributed by atoms with E-state index in [4.69, 9.17) is 4.74 Å². The molecule has 1 aromatic rings. The molecule has 1 rings (SSSR count). The largest absolute Gasteiger partial charge is 0.490 e. The van der Waals surface area contributed by atoms with Gasteiger partial charge in [0.15, 0.2) is 5.75 Å². The monoisotopic (exact) mass is 253 g/mol. The van der Waals surface area contributed by atoms with E-state index in [0.29, 0.717) is 0 Å². The lowest BCUT2D eigenvalue weighted by Gasteiger charge is -2.08.